The normalized spacial score (nSPS) is 12.9. The first kappa shape index (κ1) is 17.4. The molecule has 0 aromatic heterocycles. The van der Waals surface area contributed by atoms with Crippen LogP contribution in [0, 0.1) is 5.82 Å². The summed E-state index contributed by atoms with van der Waals surface area (Å²) < 4.78 is 45.8. The van der Waals surface area contributed by atoms with Gasteiger partial charge in [-0.15, -0.1) is 0 Å². The molecule has 2 rings (SSSR count). The van der Waals surface area contributed by atoms with Gasteiger partial charge in [0, 0.05) is 6.04 Å². The number of methoxy groups -OCH3 is 1. The van der Waals surface area contributed by atoms with Crippen LogP contribution in [0.3, 0.4) is 0 Å². The highest BCUT2D eigenvalue weighted by Crippen LogP contribution is 2.22. The Balaban J connectivity index is 2.21. The molecule has 1 atom stereocenters. The third-order valence-corrected chi connectivity index (χ3v) is 5.19. The van der Waals surface area contributed by atoms with Gasteiger partial charge in [0.05, 0.1) is 12.0 Å². The number of ether oxygens (including phenoxy) is 1. The van der Waals surface area contributed by atoms with Gasteiger partial charge in [-0.3, -0.25) is 0 Å². The van der Waals surface area contributed by atoms with E-state index in [9.17, 15) is 12.8 Å². The van der Waals surface area contributed by atoms with Crippen LogP contribution < -0.4 is 9.46 Å². The van der Waals surface area contributed by atoms with E-state index >= 15 is 0 Å². The Hall–Kier alpha value is -1.92. The summed E-state index contributed by atoms with van der Waals surface area (Å²) in [5.74, 6) is -0.706. The van der Waals surface area contributed by atoms with E-state index in [0.29, 0.717) is 0 Å². The van der Waals surface area contributed by atoms with E-state index in [-0.39, 0.29) is 10.6 Å². The number of rotatable bonds is 6. The lowest BCUT2D eigenvalue weighted by Gasteiger charge is -2.15. The molecule has 0 aliphatic rings. The fourth-order valence-electron chi connectivity index (χ4n) is 2.23. The van der Waals surface area contributed by atoms with Gasteiger partial charge in [0.2, 0.25) is 10.0 Å². The Kier molecular flexibility index (Phi) is 5.38. The van der Waals surface area contributed by atoms with Gasteiger partial charge in [-0.2, -0.15) is 0 Å². The zero-order valence-corrected chi connectivity index (χ0v) is 14.2. The summed E-state index contributed by atoms with van der Waals surface area (Å²) >= 11 is 0. The SMILES string of the molecule is CCc1ccc([C@H](C)NS(=O)(=O)c2ccc(OC)c(F)c2)cc1. The van der Waals surface area contributed by atoms with Crippen molar-refractivity contribution in [2.45, 2.75) is 31.2 Å². The van der Waals surface area contributed by atoms with Crippen molar-refractivity contribution in [1.29, 1.82) is 0 Å². The highest BCUT2D eigenvalue weighted by Gasteiger charge is 2.20. The Morgan fingerprint density at radius 2 is 1.83 bits per heavy atom. The fourth-order valence-corrected chi connectivity index (χ4v) is 3.47. The molecule has 0 fully saturated rings. The predicted molar refractivity (Wildman–Crippen MR) is 87.5 cm³/mol. The first-order valence-electron chi connectivity index (χ1n) is 7.32. The van der Waals surface area contributed by atoms with Crippen molar-refractivity contribution in [3.05, 3.63) is 59.4 Å². The van der Waals surface area contributed by atoms with E-state index in [0.717, 1.165) is 18.1 Å². The molecule has 124 valence electrons. The molecule has 0 radical (unpaired) electrons. The van der Waals surface area contributed by atoms with Gasteiger partial charge < -0.3 is 4.74 Å². The monoisotopic (exact) mass is 337 g/mol. The molecule has 6 heteroatoms. The predicted octanol–water partition coefficient (Wildman–Crippen LogP) is 3.44. The minimum atomic E-state index is -3.82. The zero-order valence-electron chi connectivity index (χ0n) is 13.3. The van der Waals surface area contributed by atoms with Crippen molar-refractivity contribution in [2.75, 3.05) is 7.11 Å². The van der Waals surface area contributed by atoms with E-state index in [1.807, 2.05) is 24.3 Å². The summed E-state index contributed by atoms with van der Waals surface area (Å²) in [7, 11) is -2.49. The zero-order chi connectivity index (χ0) is 17.0. The van der Waals surface area contributed by atoms with Crippen LogP contribution in [0.5, 0.6) is 5.75 Å². The van der Waals surface area contributed by atoms with Crippen molar-refractivity contribution in [2.24, 2.45) is 0 Å². The van der Waals surface area contributed by atoms with E-state index in [1.54, 1.807) is 6.92 Å². The molecule has 0 aliphatic heterocycles. The molecule has 0 spiro atoms. The minimum absolute atomic E-state index is 0.00662. The summed E-state index contributed by atoms with van der Waals surface area (Å²) in [6, 6.07) is 10.9. The van der Waals surface area contributed by atoms with Crippen LogP contribution in [0.1, 0.15) is 31.0 Å². The molecule has 0 bridgehead atoms. The van der Waals surface area contributed by atoms with Crippen LogP contribution in [-0.4, -0.2) is 15.5 Å². The molecule has 0 unspecified atom stereocenters. The Morgan fingerprint density at radius 3 is 2.35 bits per heavy atom. The first-order valence-corrected chi connectivity index (χ1v) is 8.80. The molecule has 0 aliphatic carbocycles. The van der Waals surface area contributed by atoms with Crippen molar-refractivity contribution in [1.82, 2.24) is 4.72 Å². The summed E-state index contributed by atoms with van der Waals surface area (Å²) in [5.41, 5.74) is 2.03. The van der Waals surface area contributed by atoms with Crippen LogP contribution in [-0.2, 0) is 16.4 Å². The van der Waals surface area contributed by atoms with E-state index in [1.165, 1.54) is 24.8 Å². The molecule has 0 saturated heterocycles. The second-order valence-electron chi connectivity index (χ2n) is 5.23. The maximum Gasteiger partial charge on any atom is 0.241 e. The Bertz CT molecular complexity index is 773. The summed E-state index contributed by atoms with van der Waals surface area (Å²) in [4.78, 5) is -0.132. The van der Waals surface area contributed by atoms with E-state index in [4.69, 9.17) is 4.74 Å². The van der Waals surface area contributed by atoms with E-state index in [2.05, 4.69) is 11.6 Å². The fraction of sp³-hybridized carbons (Fsp3) is 0.294. The average molecular weight is 337 g/mol. The number of hydrogen-bond acceptors (Lipinski definition) is 3. The van der Waals surface area contributed by atoms with Gasteiger partial charge in [0.15, 0.2) is 11.6 Å². The van der Waals surface area contributed by atoms with Crippen molar-refractivity contribution in [3.63, 3.8) is 0 Å². The summed E-state index contributed by atoms with van der Waals surface area (Å²) in [5, 5.41) is 0. The van der Waals surface area contributed by atoms with Crippen LogP contribution in [0.4, 0.5) is 4.39 Å². The van der Waals surface area contributed by atoms with E-state index < -0.39 is 21.9 Å². The van der Waals surface area contributed by atoms with Crippen LogP contribution in [0.25, 0.3) is 0 Å². The molecule has 23 heavy (non-hydrogen) atoms. The van der Waals surface area contributed by atoms with Gasteiger partial charge in [0.25, 0.3) is 0 Å². The molecule has 0 saturated carbocycles. The molecular weight excluding hydrogens is 317 g/mol. The van der Waals surface area contributed by atoms with Gasteiger partial charge in [-0.1, -0.05) is 31.2 Å². The average Bonchev–Trinajstić information content (AvgIpc) is 2.54. The molecule has 0 heterocycles. The van der Waals surface area contributed by atoms with Crippen LogP contribution >= 0.6 is 0 Å². The first-order chi connectivity index (χ1) is 10.9. The van der Waals surface area contributed by atoms with Crippen molar-refractivity contribution >= 4 is 10.0 Å². The maximum absolute atomic E-state index is 13.7. The molecule has 1 N–H and O–H groups in total. The highest BCUT2D eigenvalue weighted by molar-refractivity contribution is 7.89. The van der Waals surface area contributed by atoms with Gasteiger partial charge in [-0.25, -0.2) is 17.5 Å². The number of hydrogen-bond donors (Lipinski definition) is 1. The third kappa shape index (κ3) is 4.09. The quantitative estimate of drug-likeness (QED) is 0.878. The van der Waals surface area contributed by atoms with Gasteiger partial charge in [-0.05, 0) is 42.7 Å². The molecule has 0 amide bonds. The van der Waals surface area contributed by atoms with Crippen molar-refractivity contribution in [3.8, 4) is 5.75 Å². The second-order valence-corrected chi connectivity index (χ2v) is 6.95. The van der Waals surface area contributed by atoms with Crippen LogP contribution in [0.15, 0.2) is 47.4 Å². The number of halogens is 1. The topological polar surface area (TPSA) is 55.4 Å². The number of aryl methyl sites for hydroxylation is 1. The summed E-state index contributed by atoms with van der Waals surface area (Å²) in [6.07, 6.45) is 0.922. The molecule has 4 nitrogen and oxygen atoms in total. The summed E-state index contributed by atoms with van der Waals surface area (Å²) in [6.45, 7) is 3.80. The van der Waals surface area contributed by atoms with Crippen LogP contribution in [0.2, 0.25) is 0 Å². The molecule has 2 aromatic rings. The Morgan fingerprint density at radius 1 is 1.17 bits per heavy atom. The third-order valence-electron chi connectivity index (χ3n) is 3.65. The molecular formula is C17H20FNO3S. The maximum atomic E-state index is 13.7. The number of nitrogens with one attached hydrogen (secondary N) is 1. The lowest BCUT2D eigenvalue weighted by Crippen LogP contribution is -2.27. The second kappa shape index (κ2) is 7.10. The lowest BCUT2D eigenvalue weighted by molar-refractivity contribution is 0.385. The highest BCUT2D eigenvalue weighted by atomic mass is 32.2. The standard InChI is InChI=1S/C17H20FNO3S/c1-4-13-5-7-14(8-6-13)12(2)19-23(20,21)15-9-10-17(22-3)16(18)11-15/h5-12,19H,4H2,1-3H3/t12-/m0/s1. The Labute approximate surface area is 136 Å². The van der Waals surface area contributed by atoms with Gasteiger partial charge >= 0.3 is 0 Å². The minimum Gasteiger partial charge on any atom is -0.494 e. The van der Waals surface area contributed by atoms with Crippen molar-refractivity contribution < 1.29 is 17.5 Å². The largest absolute Gasteiger partial charge is 0.494 e. The number of sulfonamides is 1. The van der Waals surface area contributed by atoms with Gasteiger partial charge in [0.1, 0.15) is 0 Å². The number of benzene rings is 2. The smallest absolute Gasteiger partial charge is 0.241 e. The lowest BCUT2D eigenvalue weighted by atomic mass is 10.1. The molecule has 2 aromatic carbocycles.